The number of nitrogens with one attached hydrogen (secondary N) is 1. The number of nitrogens with zero attached hydrogens (tertiary/aromatic N) is 1. The number of halogens is 1. The number of methoxy groups -OCH3 is 2. The zero-order valence-electron chi connectivity index (χ0n) is 13.9. The fourth-order valence-corrected chi connectivity index (χ4v) is 3.72. The van der Waals surface area contributed by atoms with Crippen LogP contribution in [-0.2, 0) is 0 Å². The van der Waals surface area contributed by atoms with Crippen LogP contribution in [0.25, 0.3) is 11.3 Å². The molecule has 0 bridgehead atoms. The Morgan fingerprint density at radius 3 is 2.56 bits per heavy atom. The van der Waals surface area contributed by atoms with Crippen LogP contribution in [0.15, 0.2) is 35.7 Å². The first-order chi connectivity index (χ1) is 11.6. The van der Waals surface area contributed by atoms with E-state index in [-0.39, 0.29) is 18.3 Å². The Morgan fingerprint density at radius 1 is 1.16 bits per heavy atom. The van der Waals surface area contributed by atoms with Crippen LogP contribution >= 0.6 is 35.1 Å². The van der Waals surface area contributed by atoms with Crippen molar-refractivity contribution < 1.29 is 14.3 Å². The lowest BCUT2D eigenvalue weighted by Gasteiger charge is -2.08. The standard InChI is InChI=1S/C17H16N2O3S2.ClH/c1-10-15(11-6-7-12(21-2)13(9-11)22-3)18-17(24-10)19-16(20)14-5-4-8-23-14;/h4-9H,1-3H3,(H,18,19,20);1H. The average molecular weight is 397 g/mol. The van der Waals surface area contributed by atoms with Gasteiger partial charge < -0.3 is 9.47 Å². The summed E-state index contributed by atoms with van der Waals surface area (Å²) in [4.78, 5) is 18.4. The molecule has 0 aliphatic heterocycles. The van der Waals surface area contributed by atoms with Crippen LogP contribution < -0.4 is 14.8 Å². The highest BCUT2D eigenvalue weighted by atomic mass is 35.5. The van der Waals surface area contributed by atoms with Crippen molar-refractivity contribution in [3.05, 3.63) is 45.5 Å². The first-order valence-electron chi connectivity index (χ1n) is 7.17. The number of hydrogen-bond donors (Lipinski definition) is 1. The van der Waals surface area contributed by atoms with Gasteiger partial charge in [-0.15, -0.1) is 35.1 Å². The van der Waals surface area contributed by atoms with E-state index in [1.807, 2.05) is 36.6 Å². The number of carbonyl (C=O) groups excluding carboxylic acids is 1. The van der Waals surface area contributed by atoms with Gasteiger partial charge in [-0.2, -0.15) is 0 Å². The maximum absolute atomic E-state index is 12.1. The van der Waals surface area contributed by atoms with E-state index in [1.165, 1.54) is 22.7 Å². The fraction of sp³-hybridized carbons (Fsp3) is 0.176. The Hall–Kier alpha value is -2.09. The quantitative estimate of drug-likeness (QED) is 0.668. The van der Waals surface area contributed by atoms with Crippen LogP contribution in [0.2, 0.25) is 0 Å². The van der Waals surface area contributed by atoms with E-state index in [2.05, 4.69) is 10.3 Å². The minimum atomic E-state index is -0.141. The molecule has 0 unspecified atom stereocenters. The summed E-state index contributed by atoms with van der Waals surface area (Å²) in [5.74, 6) is 1.17. The number of rotatable bonds is 5. The maximum atomic E-state index is 12.1. The summed E-state index contributed by atoms with van der Waals surface area (Å²) in [5, 5.41) is 5.30. The van der Waals surface area contributed by atoms with E-state index in [0.717, 1.165) is 16.1 Å². The first kappa shape index (κ1) is 19.2. The topological polar surface area (TPSA) is 60.5 Å². The second kappa shape index (κ2) is 8.33. The number of benzene rings is 1. The molecule has 132 valence electrons. The van der Waals surface area contributed by atoms with Crippen molar-refractivity contribution in [2.45, 2.75) is 6.92 Å². The second-order valence-corrected chi connectivity index (χ2v) is 7.08. The summed E-state index contributed by atoms with van der Waals surface area (Å²) in [5.41, 5.74) is 1.74. The Balaban J connectivity index is 0.00000225. The summed E-state index contributed by atoms with van der Waals surface area (Å²) in [6.45, 7) is 1.98. The molecule has 1 N–H and O–H groups in total. The Labute approximate surface area is 160 Å². The highest BCUT2D eigenvalue weighted by molar-refractivity contribution is 7.16. The number of thiazole rings is 1. The van der Waals surface area contributed by atoms with Gasteiger partial charge >= 0.3 is 0 Å². The van der Waals surface area contributed by atoms with E-state index >= 15 is 0 Å². The van der Waals surface area contributed by atoms with Crippen molar-refractivity contribution in [2.24, 2.45) is 0 Å². The van der Waals surface area contributed by atoms with Gasteiger partial charge in [0.15, 0.2) is 16.6 Å². The van der Waals surface area contributed by atoms with Crippen molar-refractivity contribution >= 4 is 46.1 Å². The van der Waals surface area contributed by atoms with Gasteiger partial charge in [-0.05, 0) is 36.6 Å². The zero-order chi connectivity index (χ0) is 17.1. The lowest BCUT2D eigenvalue weighted by molar-refractivity contribution is 0.103. The normalized spacial score (nSPS) is 10.0. The van der Waals surface area contributed by atoms with Gasteiger partial charge in [-0.25, -0.2) is 4.98 Å². The third kappa shape index (κ3) is 4.12. The van der Waals surface area contributed by atoms with Crippen molar-refractivity contribution in [1.82, 2.24) is 4.98 Å². The molecule has 0 radical (unpaired) electrons. The highest BCUT2D eigenvalue weighted by Gasteiger charge is 2.15. The zero-order valence-corrected chi connectivity index (χ0v) is 16.3. The molecular formula is C17H17ClN2O3S2. The predicted molar refractivity (Wildman–Crippen MR) is 105 cm³/mol. The van der Waals surface area contributed by atoms with Gasteiger partial charge in [-0.1, -0.05) is 6.07 Å². The third-order valence-corrected chi connectivity index (χ3v) is 5.17. The summed E-state index contributed by atoms with van der Waals surface area (Å²) >= 11 is 2.85. The highest BCUT2D eigenvalue weighted by Crippen LogP contribution is 2.36. The molecular weight excluding hydrogens is 380 g/mol. The van der Waals surface area contributed by atoms with Crippen LogP contribution in [0.3, 0.4) is 0 Å². The molecule has 0 atom stereocenters. The molecule has 2 aromatic heterocycles. The van der Waals surface area contributed by atoms with E-state index in [4.69, 9.17) is 9.47 Å². The van der Waals surface area contributed by atoms with Gasteiger partial charge in [0.2, 0.25) is 0 Å². The first-order valence-corrected chi connectivity index (χ1v) is 8.86. The van der Waals surface area contributed by atoms with E-state index in [0.29, 0.717) is 21.5 Å². The molecule has 2 heterocycles. The number of carbonyl (C=O) groups is 1. The number of amides is 1. The van der Waals surface area contributed by atoms with Crippen molar-refractivity contribution in [1.29, 1.82) is 0 Å². The Morgan fingerprint density at radius 2 is 1.92 bits per heavy atom. The fourth-order valence-electron chi connectivity index (χ4n) is 2.27. The van der Waals surface area contributed by atoms with Crippen LogP contribution in [0.4, 0.5) is 5.13 Å². The van der Waals surface area contributed by atoms with Gasteiger partial charge in [0.1, 0.15) is 0 Å². The molecule has 0 saturated carbocycles. The molecule has 1 aromatic carbocycles. The van der Waals surface area contributed by atoms with E-state index < -0.39 is 0 Å². The Kier molecular flexibility index (Phi) is 6.41. The predicted octanol–water partition coefficient (Wildman–Crippen LogP) is 4.87. The molecule has 0 fully saturated rings. The molecule has 25 heavy (non-hydrogen) atoms. The van der Waals surface area contributed by atoms with Gasteiger partial charge in [0.05, 0.1) is 24.8 Å². The largest absolute Gasteiger partial charge is 0.493 e. The van der Waals surface area contributed by atoms with Crippen LogP contribution in [0, 0.1) is 6.92 Å². The maximum Gasteiger partial charge on any atom is 0.267 e. The molecule has 3 rings (SSSR count). The monoisotopic (exact) mass is 396 g/mol. The number of aryl methyl sites for hydroxylation is 1. The number of aromatic nitrogens is 1. The van der Waals surface area contributed by atoms with Crippen LogP contribution in [-0.4, -0.2) is 25.1 Å². The van der Waals surface area contributed by atoms with Gasteiger partial charge in [-0.3, -0.25) is 10.1 Å². The summed E-state index contributed by atoms with van der Waals surface area (Å²) < 4.78 is 10.6. The molecule has 5 nitrogen and oxygen atoms in total. The smallest absolute Gasteiger partial charge is 0.267 e. The van der Waals surface area contributed by atoms with Crippen LogP contribution in [0.1, 0.15) is 14.5 Å². The number of hydrogen-bond acceptors (Lipinski definition) is 6. The lowest BCUT2D eigenvalue weighted by atomic mass is 10.1. The summed E-state index contributed by atoms with van der Waals surface area (Å²) in [7, 11) is 3.20. The molecule has 3 aromatic rings. The minimum Gasteiger partial charge on any atom is -0.493 e. The number of anilines is 1. The molecule has 1 amide bonds. The number of ether oxygens (including phenoxy) is 2. The molecule has 8 heteroatoms. The SMILES string of the molecule is COc1ccc(-c2nc(NC(=O)c3cccs3)sc2C)cc1OC.Cl. The van der Waals surface area contributed by atoms with Crippen molar-refractivity contribution in [2.75, 3.05) is 19.5 Å². The second-order valence-electron chi connectivity index (χ2n) is 4.92. The molecule has 0 aliphatic rings. The summed E-state index contributed by atoms with van der Waals surface area (Å²) in [6.07, 6.45) is 0. The summed E-state index contributed by atoms with van der Waals surface area (Å²) in [6, 6.07) is 9.29. The number of thiophene rings is 1. The third-order valence-electron chi connectivity index (χ3n) is 3.42. The van der Waals surface area contributed by atoms with Crippen molar-refractivity contribution in [3.63, 3.8) is 0 Å². The van der Waals surface area contributed by atoms with E-state index in [1.54, 1.807) is 20.3 Å². The molecule has 0 spiro atoms. The van der Waals surface area contributed by atoms with E-state index in [9.17, 15) is 4.79 Å². The minimum absolute atomic E-state index is 0. The van der Waals surface area contributed by atoms with Crippen LogP contribution in [0.5, 0.6) is 11.5 Å². The molecule has 0 aliphatic carbocycles. The van der Waals surface area contributed by atoms with Gasteiger partial charge in [0, 0.05) is 10.4 Å². The van der Waals surface area contributed by atoms with Gasteiger partial charge in [0.25, 0.3) is 5.91 Å². The lowest BCUT2D eigenvalue weighted by Crippen LogP contribution is -2.09. The van der Waals surface area contributed by atoms with Crippen molar-refractivity contribution in [3.8, 4) is 22.8 Å². The average Bonchev–Trinajstić information content (AvgIpc) is 3.24. The molecule has 0 saturated heterocycles. The Bertz CT molecular complexity index is 863.